The molecule has 1 fully saturated rings. The van der Waals surface area contributed by atoms with Gasteiger partial charge in [-0.05, 0) is 29.8 Å². The van der Waals surface area contributed by atoms with Crippen molar-refractivity contribution in [1.82, 2.24) is 19.4 Å². The van der Waals surface area contributed by atoms with Gasteiger partial charge in [0.2, 0.25) is 0 Å². The minimum absolute atomic E-state index is 0.292. The third-order valence-corrected chi connectivity index (χ3v) is 5.74. The number of hydrogen-bond donors (Lipinski definition) is 0. The highest BCUT2D eigenvalue weighted by Gasteiger charge is 2.36. The fourth-order valence-electron chi connectivity index (χ4n) is 3.83. The van der Waals surface area contributed by atoms with Gasteiger partial charge >= 0.3 is 6.18 Å². The van der Waals surface area contributed by atoms with Gasteiger partial charge in [0, 0.05) is 52.2 Å². The molecule has 0 aliphatic carbocycles. The topological polar surface area (TPSA) is 50.6 Å². The molecular formula is C24H25F3N4O2. The first kappa shape index (κ1) is 22.8. The quantitative estimate of drug-likeness (QED) is 0.561. The van der Waals surface area contributed by atoms with Gasteiger partial charge in [-0.2, -0.15) is 13.2 Å². The van der Waals surface area contributed by atoms with E-state index in [0.717, 1.165) is 23.2 Å². The van der Waals surface area contributed by atoms with Gasteiger partial charge in [-0.25, -0.2) is 4.98 Å². The Morgan fingerprint density at radius 2 is 1.73 bits per heavy atom. The molecule has 1 amide bonds. The normalized spacial score (nSPS) is 15.0. The van der Waals surface area contributed by atoms with Gasteiger partial charge in [0.05, 0.1) is 11.1 Å². The lowest BCUT2D eigenvalue weighted by Crippen LogP contribution is -2.48. The second-order valence-corrected chi connectivity index (χ2v) is 8.00. The molecule has 1 aliphatic heterocycles. The average molecular weight is 458 g/mol. The second kappa shape index (κ2) is 9.66. The van der Waals surface area contributed by atoms with Crippen molar-refractivity contribution >= 4 is 5.91 Å². The summed E-state index contributed by atoms with van der Waals surface area (Å²) >= 11 is 0. The maximum Gasteiger partial charge on any atom is 0.417 e. The number of aromatic nitrogens is 2. The smallest absolute Gasteiger partial charge is 0.417 e. The van der Waals surface area contributed by atoms with Crippen molar-refractivity contribution in [3.8, 4) is 5.75 Å². The van der Waals surface area contributed by atoms with Gasteiger partial charge in [0.1, 0.15) is 18.2 Å². The number of carbonyl (C=O) groups excluding carboxylic acids is 1. The first-order valence-electron chi connectivity index (χ1n) is 10.7. The molecule has 0 radical (unpaired) electrons. The number of nitrogens with zero attached hydrogens (tertiary/aromatic N) is 4. The molecular weight excluding hydrogens is 433 g/mol. The SMILES string of the molecule is Cn1ccnc1COc1ccc(CN2CCN(C(=O)c3ccccc3C(F)(F)F)CC2)cc1. The number of carbonyl (C=O) groups is 1. The number of piperazine rings is 1. The largest absolute Gasteiger partial charge is 0.486 e. The van der Waals surface area contributed by atoms with Crippen LogP contribution in [0.5, 0.6) is 5.75 Å². The maximum absolute atomic E-state index is 13.3. The molecule has 174 valence electrons. The molecule has 2 heterocycles. The monoisotopic (exact) mass is 458 g/mol. The molecule has 0 saturated carbocycles. The highest BCUT2D eigenvalue weighted by atomic mass is 19.4. The van der Waals surface area contributed by atoms with Crippen molar-refractivity contribution < 1.29 is 22.7 Å². The Morgan fingerprint density at radius 3 is 2.36 bits per heavy atom. The Kier molecular flexibility index (Phi) is 6.69. The van der Waals surface area contributed by atoms with Crippen LogP contribution in [-0.4, -0.2) is 51.4 Å². The van der Waals surface area contributed by atoms with Crippen LogP contribution in [0.4, 0.5) is 13.2 Å². The van der Waals surface area contributed by atoms with Crippen molar-refractivity contribution in [1.29, 1.82) is 0 Å². The van der Waals surface area contributed by atoms with Gasteiger partial charge < -0.3 is 14.2 Å². The summed E-state index contributed by atoms with van der Waals surface area (Å²) in [6.45, 7) is 3.04. The van der Waals surface area contributed by atoms with Gasteiger partial charge in [0.25, 0.3) is 5.91 Å². The number of ether oxygens (including phenoxy) is 1. The number of alkyl halides is 3. The Bertz CT molecular complexity index is 1090. The van der Waals surface area contributed by atoms with E-state index in [9.17, 15) is 18.0 Å². The van der Waals surface area contributed by atoms with Crippen LogP contribution in [0, 0.1) is 0 Å². The van der Waals surface area contributed by atoms with E-state index in [-0.39, 0.29) is 5.56 Å². The molecule has 1 saturated heterocycles. The van der Waals surface area contributed by atoms with E-state index in [1.54, 1.807) is 6.20 Å². The Balaban J connectivity index is 1.29. The second-order valence-electron chi connectivity index (χ2n) is 8.00. The first-order chi connectivity index (χ1) is 15.8. The van der Waals surface area contributed by atoms with Crippen LogP contribution >= 0.6 is 0 Å². The molecule has 1 aliphatic rings. The van der Waals surface area contributed by atoms with Crippen molar-refractivity contribution in [2.45, 2.75) is 19.3 Å². The van der Waals surface area contributed by atoms with E-state index in [0.29, 0.717) is 39.3 Å². The number of amides is 1. The molecule has 0 unspecified atom stereocenters. The molecule has 3 aromatic rings. The minimum atomic E-state index is -4.55. The lowest BCUT2D eigenvalue weighted by molar-refractivity contribution is -0.138. The van der Waals surface area contributed by atoms with Gasteiger partial charge in [0.15, 0.2) is 0 Å². The first-order valence-corrected chi connectivity index (χ1v) is 10.7. The van der Waals surface area contributed by atoms with E-state index < -0.39 is 17.6 Å². The summed E-state index contributed by atoms with van der Waals surface area (Å²) in [5.41, 5.74) is -0.0798. The van der Waals surface area contributed by atoms with E-state index >= 15 is 0 Å². The van der Waals surface area contributed by atoms with Gasteiger partial charge in [-0.15, -0.1) is 0 Å². The molecule has 2 aromatic carbocycles. The van der Waals surface area contributed by atoms with E-state index in [2.05, 4.69) is 9.88 Å². The Labute approximate surface area is 190 Å². The molecule has 1 aromatic heterocycles. The summed E-state index contributed by atoms with van der Waals surface area (Å²) in [5.74, 6) is 1.02. The number of hydrogen-bond acceptors (Lipinski definition) is 4. The summed E-state index contributed by atoms with van der Waals surface area (Å²) < 4.78 is 47.4. The predicted octanol–water partition coefficient (Wildman–Crippen LogP) is 3.98. The van der Waals surface area contributed by atoms with Crippen LogP contribution in [0.3, 0.4) is 0 Å². The lowest BCUT2D eigenvalue weighted by Gasteiger charge is -2.35. The van der Waals surface area contributed by atoms with Crippen LogP contribution in [-0.2, 0) is 26.4 Å². The van der Waals surface area contributed by atoms with E-state index in [1.807, 2.05) is 42.1 Å². The predicted molar refractivity (Wildman–Crippen MR) is 117 cm³/mol. The fraction of sp³-hybridized carbons (Fsp3) is 0.333. The molecule has 0 atom stereocenters. The number of halogens is 3. The molecule has 0 bridgehead atoms. The van der Waals surface area contributed by atoms with E-state index in [1.165, 1.54) is 23.1 Å². The number of imidazole rings is 1. The summed E-state index contributed by atoms with van der Waals surface area (Å²) in [6, 6.07) is 12.8. The van der Waals surface area contributed by atoms with Crippen molar-refractivity contribution in [2.75, 3.05) is 26.2 Å². The fourth-order valence-corrected chi connectivity index (χ4v) is 3.83. The van der Waals surface area contributed by atoms with Crippen LogP contribution in [0.2, 0.25) is 0 Å². The van der Waals surface area contributed by atoms with Crippen LogP contribution < -0.4 is 4.74 Å². The average Bonchev–Trinajstić information content (AvgIpc) is 3.23. The van der Waals surface area contributed by atoms with Crippen molar-refractivity contribution in [3.63, 3.8) is 0 Å². The molecule has 9 heteroatoms. The van der Waals surface area contributed by atoms with Crippen molar-refractivity contribution in [2.24, 2.45) is 7.05 Å². The maximum atomic E-state index is 13.3. The van der Waals surface area contributed by atoms with Gasteiger partial charge in [-0.3, -0.25) is 9.69 Å². The van der Waals surface area contributed by atoms with Gasteiger partial charge in [-0.1, -0.05) is 24.3 Å². The number of aryl methyl sites for hydroxylation is 1. The highest BCUT2D eigenvalue weighted by molar-refractivity contribution is 5.96. The molecule has 33 heavy (non-hydrogen) atoms. The number of benzene rings is 2. The molecule has 0 N–H and O–H groups in total. The Morgan fingerprint density at radius 1 is 1.03 bits per heavy atom. The van der Waals surface area contributed by atoms with Crippen LogP contribution in [0.25, 0.3) is 0 Å². The zero-order valence-corrected chi connectivity index (χ0v) is 18.3. The standard InChI is InChI=1S/C24H25F3N4O2/c1-29-11-10-28-22(29)17-33-19-8-6-18(7-9-19)16-30-12-14-31(15-13-30)23(32)20-4-2-3-5-21(20)24(25,26)27/h2-11H,12-17H2,1H3. The Hall–Kier alpha value is -3.33. The van der Waals surface area contributed by atoms with E-state index in [4.69, 9.17) is 4.74 Å². The third-order valence-electron chi connectivity index (χ3n) is 5.74. The number of rotatable bonds is 6. The van der Waals surface area contributed by atoms with Crippen molar-refractivity contribution in [3.05, 3.63) is 83.4 Å². The highest BCUT2D eigenvalue weighted by Crippen LogP contribution is 2.32. The summed E-state index contributed by atoms with van der Waals surface area (Å²) in [5, 5.41) is 0. The molecule has 0 spiro atoms. The summed E-state index contributed by atoms with van der Waals surface area (Å²) in [7, 11) is 1.91. The van der Waals surface area contributed by atoms with Crippen LogP contribution in [0.15, 0.2) is 60.9 Å². The zero-order chi connectivity index (χ0) is 23.4. The molecule has 6 nitrogen and oxygen atoms in total. The molecule has 4 rings (SSSR count). The lowest BCUT2D eigenvalue weighted by atomic mass is 10.1. The zero-order valence-electron chi connectivity index (χ0n) is 18.3. The van der Waals surface area contributed by atoms with Crippen LogP contribution in [0.1, 0.15) is 27.3 Å². The summed E-state index contributed by atoms with van der Waals surface area (Å²) in [4.78, 5) is 20.6. The minimum Gasteiger partial charge on any atom is -0.486 e. The third kappa shape index (κ3) is 5.54. The summed E-state index contributed by atoms with van der Waals surface area (Å²) in [6.07, 6.45) is -0.963.